The molecule has 1 atom stereocenters. The van der Waals surface area contributed by atoms with E-state index < -0.39 is 10.0 Å². The van der Waals surface area contributed by atoms with Gasteiger partial charge in [0.1, 0.15) is 11.9 Å². The van der Waals surface area contributed by atoms with Gasteiger partial charge in [0.15, 0.2) is 0 Å². The fourth-order valence-corrected chi connectivity index (χ4v) is 4.25. The van der Waals surface area contributed by atoms with Gasteiger partial charge in [-0.3, -0.25) is 0 Å². The molecule has 0 aliphatic carbocycles. The van der Waals surface area contributed by atoms with Crippen LogP contribution in [-0.2, 0) is 16.6 Å². The molecule has 0 N–H and O–H groups in total. The molecule has 0 aromatic heterocycles. The molecule has 5 heteroatoms. The summed E-state index contributed by atoms with van der Waals surface area (Å²) in [5, 5.41) is 0. The van der Waals surface area contributed by atoms with Gasteiger partial charge >= 0.3 is 0 Å². The van der Waals surface area contributed by atoms with E-state index in [4.69, 9.17) is 4.74 Å². The van der Waals surface area contributed by atoms with Gasteiger partial charge in [-0.1, -0.05) is 30.3 Å². The number of nitrogens with zero attached hydrogens (tertiary/aromatic N) is 1. The Kier molecular flexibility index (Phi) is 3.93. The fraction of sp³-hybridized carbons (Fsp3) is 0.294. The van der Waals surface area contributed by atoms with E-state index in [0.29, 0.717) is 18.0 Å². The van der Waals surface area contributed by atoms with Crippen molar-refractivity contribution < 1.29 is 13.2 Å². The van der Waals surface area contributed by atoms with Gasteiger partial charge in [-0.15, -0.1) is 0 Å². The zero-order chi connectivity index (χ0) is 15.7. The lowest BCUT2D eigenvalue weighted by atomic mass is 10.2. The minimum absolute atomic E-state index is 0.191. The van der Waals surface area contributed by atoms with Crippen molar-refractivity contribution in [2.45, 2.75) is 31.4 Å². The SMILES string of the molecule is Cc1cccc(S(=O)(=O)N2Cc3ccccc3OC(C)C2)c1. The summed E-state index contributed by atoms with van der Waals surface area (Å²) in [6.07, 6.45) is -0.191. The van der Waals surface area contributed by atoms with Crippen molar-refractivity contribution in [3.63, 3.8) is 0 Å². The molecule has 1 unspecified atom stereocenters. The Balaban J connectivity index is 2.00. The highest BCUT2D eigenvalue weighted by molar-refractivity contribution is 7.89. The third-order valence-electron chi connectivity index (χ3n) is 3.74. The largest absolute Gasteiger partial charge is 0.489 e. The Morgan fingerprint density at radius 2 is 1.91 bits per heavy atom. The second-order valence-corrected chi connectivity index (χ2v) is 7.59. The highest BCUT2D eigenvalue weighted by Gasteiger charge is 2.30. The van der Waals surface area contributed by atoms with E-state index in [9.17, 15) is 8.42 Å². The van der Waals surface area contributed by atoms with E-state index in [1.54, 1.807) is 18.2 Å². The maximum absolute atomic E-state index is 12.9. The topological polar surface area (TPSA) is 46.6 Å². The quantitative estimate of drug-likeness (QED) is 0.855. The highest BCUT2D eigenvalue weighted by atomic mass is 32.2. The van der Waals surface area contributed by atoms with Crippen LogP contribution in [0.1, 0.15) is 18.1 Å². The smallest absolute Gasteiger partial charge is 0.243 e. The first-order valence-electron chi connectivity index (χ1n) is 7.28. The Labute approximate surface area is 131 Å². The Morgan fingerprint density at radius 1 is 1.14 bits per heavy atom. The van der Waals surface area contributed by atoms with Crippen LogP contribution in [0.5, 0.6) is 5.75 Å². The van der Waals surface area contributed by atoms with Crippen LogP contribution in [0.4, 0.5) is 0 Å². The number of rotatable bonds is 2. The molecule has 2 aromatic carbocycles. The molecule has 0 saturated carbocycles. The molecule has 0 bridgehead atoms. The number of sulfonamides is 1. The molecular formula is C17H19NO3S. The lowest BCUT2D eigenvalue weighted by Gasteiger charge is -2.22. The van der Waals surface area contributed by atoms with Crippen LogP contribution in [0.3, 0.4) is 0 Å². The molecule has 4 nitrogen and oxygen atoms in total. The van der Waals surface area contributed by atoms with Crippen LogP contribution in [-0.4, -0.2) is 25.4 Å². The number of para-hydroxylation sites is 1. The highest BCUT2D eigenvalue weighted by Crippen LogP contribution is 2.28. The molecule has 0 radical (unpaired) electrons. The molecular weight excluding hydrogens is 298 g/mol. The molecule has 0 amide bonds. The zero-order valence-corrected chi connectivity index (χ0v) is 13.5. The summed E-state index contributed by atoms with van der Waals surface area (Å²) in [6, 6.07) is 14.6. The summed E-state index contributed by atoms with van der Waals surface area (Å²) in [4.78, 5) is 0.332. The molecule has 3 rings (SSSR count). The maximum atomic E-state index is 12.9. The second-order valence-electron chi connectivity index (χ2n) is 5.65. The van der Waals surface area contributed by atoms with E-state index in [2.05, 4.69) is 0 Å². The van der Waals surface area contributed by atoms with Crippen molar-refractivity contribution in [3.8, 4) is 5.75 Å². The van der Waals surface area contributed by atoms with Gasteiger partial charge in [0, 0.05) is 12.1 Å². The van der Waals surface area contributed by atoms with Gasteiger partial charge in [0.05, 0.1) is 11.4 Å². The predicted octanol–water partition coefficient (Wildman–Crippen LogP) is 2.97. The third kappa shape index (κ3) is 2.87. The third-order valence-corrected chi connectivity index (χ3v) is 5.54. The van der Waals surface area contributed by atoms with E-state index in [1.165, 1.54) is 4.31 Å². The normalized spacial score (nSPS) is 19.1. The van der Waals surface area contributed by atoms with E-state index in [0.717, 1.165) is 16.9 Å². The second kappa shape index (κ2) is 5.74. The van der Waals surface area contributed by atoms with Crippen LogP contribution >= 0.6 is 0 Å². The van der Waals surface area contributed by atoms with Gasteiger partial charge in [-0.05, 0) is 37.6 Å². The van der Waals surface area contributed by atoms with Gasteiger partial charge < -0.3 is 4.74 Å². The molecule has 116 valence electrons. The molecule has 22 heavy (non-hydrogen) atoms. The first-order valence-corrected chi connectivity index (χ1v) is 8.72. The summed E-state index contributed by atoms with van der Waals surface area (Å²) in [6.45, 7) is 4.45. The first-order chi connectivity index (χ1) is 10.5. The van der Waals surface area contributed by atoms with Crippen LogP contribution in [0, 0.1) is 6.92 Å². The van der Waals surface area contributed by atoms with Gasteiger partial charge in [-0.2, -0.15) is 4.31 Å². The predicted molar refractivity (Wildman–Crippen MR) is 85.3 cm³/mol. The van der Waals surface area contributed by atoms with Crippen LogP contribution in [0.2, 0.25) is 0 Å². The van der Waals surface area contributed by atoms with E-state index in [-0.39, 0.29) is 6.10 Å². The van der Waals surface area contributed by atoms with E-state index in [1.807, 2.05) is 44.2 Å². The average molecular weight is 317 g/mol. The molecule has 1 heterocycles. The van der Waals surface area contributed by atoms with Crippen molar-refractivity contribution >= 4 is 10.0 Å². The lowest BCUT2D eigenvalue weighted by Crippen LogP contribution is -2.36. The number of hydrogen-bond acceptors (Lipinski definition) is 3. The lowest BCUT2D eigenvalue weighted by molar-refractivity contribution is 0.201. The standard InChI is InChI=1S/C17H19NO3S/c1-13-6-5-8-16(10-13)22(19,20)18-11-14(2)21-17-9-4-3-7-15(17)12-18/h3-10,14H,11-12H2,1-2H3. The summed E-state index contributed by atoms with van der Waals surface area (Å²) in [7, 11) is -3.53. The number of aryl methyl sites for hydroxylation is 1. The number of benzene rings is 2. The minimum Gasteiger partial charge on any atom is -0.489 e. The van der Waals surface area contributed by atoms with Crippen LogP contribution < -0.4 is 4.74 Å². The molecule has 2 aromatic rings. The molecule has 0 fully saturated rings. The monoisotopic (exact) mass is 317 g/mol. The Hall–Kier alpha value is -1.85. The van der Waals surface area contributed by atoms with Gasteiger partial charge in [-0.25, -0.2) is 8.42 Å². The minimum atomic E-state index is -3.53. The summed E-state index contributed by atoms with van der Waals surface area (Å²) < 4.78 is 33.2. The van der Waals surface area contributed by atoms with Crippen LogP contribution in [0.25, 0.3) is 0 Å². The van der Waals surface area contributed by atoms with Crippen molar-refractivity contribution in [2.75, 3.05) is 6.54 Å². The average Bonchev–Trinajstić information content (AvgIpc) is 2.65. The summed E-state index contributed by atoms with van der Waals surface area (Å²) in [5.74, 6) is 0.761. The number of ether oxygens (including phenoxy) is 1. The van der Waals surface area contributed by atoms with Crippen molar-refractivity contribution in [1.82, 2.24) is 4.31 Å². The number of fused-ring (bicyclic) bond motifs is 1. The Morgan fingerprint density at radius 3 is 2.68 bits per heavy atom. The van der Waals surface area contributed by atoms with Crippen molar-refractivity contribution in [2.24, 2.45) is 0 Å². The number of hydrogen-bond donors (Lipinski definition) is 0. The maximum Gasteiger partial charge on any atom is 0.243 e. The van der Waals surface area contributed by atoms with Crippen molar-refractivity contribution in [1.29, 1.82) is 0 Å². The van der Waals surface area contributed by atoms with Gasteiger partial charge in [0.2, 0.25) is 10.0 Å². The molecule has 1 aliphatic heterocycles. The summed E-state index contributed by atoms with van der Waals surface area (Å²) in [5.41, 5.74) is 1.82. The first kappa shape index (κ1) is 15.1. The van der Waals surface area contributed by atoms with Gasteiger partial charge in [0.25, 0.3) is 0 Å². The van der Waals surface area contributed by atoms with E-state index >= 15 is 0 Å². The fourth-order valence-electron chi connectivity index (χ4n) is 2.65. The zero-order valence-electron chi connectivity index (χ0n) is 12.7. The molecule has 1 aliphatic rings. The molecule has 0 saturated heterocycles. The Bertz CT molecular complexity index is 786. The molecule has 0 spiro atoms. The van der Waals surface area contributed by atoms with Crippen molar-refractivity contribution in [3.05, 3.63) is 59.7 Å². The van der Waals surface area contributed by atoms with Crippen LogP contribution in [0.15, 0.2) is 53.4 Å². The summed E-state index contributed by atoms with van der Waals surface area (Å²) >= 11 is 0.